The fraction of sp³-hybridized carbons (Fsp3) is 0.750. The SMILES string of the molecule is CC[C@@H]1NC(=O)[C@H]([C@H](O)[C@H](C)Cc2nc3[nH]c(=S)[nH]c(=S)c3[nH]2)N(C)C(=O)[C@H](C(C)C)N(C)C(=O)[C@H](CC(C)C)N(C)C(=O)[C@H](CC(C)C)N(C)C(=O)[C@@H](C)NC(=O)[C@H](C)NC(=O)[C@H](CC(C)C)N(C)C(=O)[C@H](C(C)C)NC(=O)[C@H](CC(C)C)N(C)C(=O)CN(C)C1=O. The first-order valence-corrected chi connectivity index (χ1v) is 33.3. The van der Waals surface area contributed by atoms with E-state index in [1.54, 1.807) is 41.5 Å². The van der Waals surface area contributed by atoms with Gasteiger partial charge in [0.2, 0.25) is 65.0 Å². The number of amides is 11. The van der Waals surface area contributed by atoms with Crippen LogP contribution < -0.4 is 21.3 Å². The zero-order valence-electron chi connectivity index (χ0n) is 59.2. The number of aromatic nitrogens is 4. The van der Waals surface area contributed by atoms with E-state index in [0.717, 1.165) is 9.80 Å². The molecule has 29 heteroatoms. The Labute approximate surface area is 559 Å². The number of fused-ring (bicyclic) bond motifs is 1. The van der Waals surface area contributed by atoms with Crippen LogP contribution in [0, 0.1) is 50.8 Å². The number of rotatable bonds is 15. The molecule has 3 heterocycles. The van der Waals surface area contributed by atoms with Crippen molar-refractivity contribution in [3.63, 3.8) is 0 Å². The average molecular weight is 1340 g/mol. The molecule has 2 aromatic rings. The van der Waals surface area contributed by atoms with Crippen LogP contribution in [0.1, 0.15) is 149 Å². The van der Waals surface area contributed by atoms with Crippen molar-refractivity contribution in [2.24, 2.45) is 41.4 Å². The molecule has 1 aliphatic rings. The number of hydrogen-bond donors (Lipinski definition) is 8. The van der Waals surface area contributed by atoms with Crippen LogP contribution in [0.25, 0.3) is 11.2 Å². The molecule has 8 N–H and O–H groups in total. The minimum absolute atomic E-state index is 0.00131. The summed E-state index contributed by atoms with van der Waals surface area (Å²) >= 11 is 10.7. The van der Waals surface area contributed by atoms with E-state index in [0.29, 0.717) is 17.0 Å². The van der Waals surface area contributed by atoms with E-state index in [-0.39, 0.29) is 71.6 Å². The first kappa shape index (κ1) is 80.4. The highest BCUT2D eigenvalue weighted by Crippen LogP contribution is 2.26. The highest BCUT2D eigenvalue weighted by atomic mass is 32.1. The van der Waals surface area contributed by atoms with Crippen LogP contribution in [0.3, 0.4) is 0 Å². The molecule has 0 bridgehead atoms. The summed E-state index contributed by atoms with van der Waals surface area (Å²) in [6.07, 6.45) is -1.20. The summed E-state index contributed by atoms with van der Waals surface area (Å²) in [5, 5.41) is 23.5. The summed E-state index contributed by atoms with van der Waals surface area (Å²) < 4.78 is 0.501. The number of aromatic amines is 3. The zero-order chi connectivity index (χ0) is 71.3. The summed E-state index contributed by atoms with van der Waals surface area (Å²) in [6, 6.07) is -12.8. The van der Waals surface area contributed by atoms with Gasteiger partial charge in [0.1, 0.15) is 76.4 Å². The predicted octanol–water partition coefficient (Wildman–Crippen LogP) is 3.54. The number of aliphatic hydroxyl groups excluding tert-OH is 1. The van der Waals surface area contributed by atoms with E-state index >= 15 is 19.2 Å². The highest BCUT2D eigenvalue weighted by Gasteiger charge is 2.46. The maximum atomic E-state index is 15.4. The van der Waals surface area contributed by atoms with Crippen molar-refractivity contribution < 1.29 is 57.8 Å². The monoisotopic (exact) mass is 1340 g/mol. The molecule has 27 nitrogen and oxygen atoms in total. The van der Waals surface area contributed by atoms with Gasteiger partial charge < -0.3 is 75.6 Å². The summed E-state index contributed by atoms with van der Waals surface area (Å²) in [4.78, 5) is 184. The number of hydrogen-bond acceptors (Lipinski definition) is 15. The number of carbonyl (C=O) groups is 11. The standard InChI is InChI=1S/C64H109N15O12S2/c1-24-40-59(87)73(17)30-46(80)74(18)41(25-31(2)3)55(84)70-47(35(10)11)62(90)75(19)42(26-32(4)5)54(83)65-38(15)53(82)66-39(16)58(86)76(20)43(27-33(6)7)60(88)77(21)44(28-34(8)9)61(89)78(22)49(36(12)13)63(91)79(23)50(56(85)67-40)51(81)37(14)29-45-68-48-52(69-45)71-64(93)72-57(48)92/h31-44,47,49-51,81H,24-30H2,1-23H3,(H,65,83)(H,66,82)(H,67,85)(H,70,84)(H3,68,69,71,72,92,93)/t37-,38+,39-,40+,41+,42+,43+,44+,47+,49+,50+,51-/m1/s1. The molecule has 0 aliphatic carbocycles. The van der Waals surface area contributed by atoms with Crippen LogP contribution in [0.15, 0.2) is 0 Å². The van der Waals surface area contributed by atoms with Crippen LogP contribution in [-0.4, -0.2) is 247 Å². The molecule has 0 spiro atoms. The lowest BCUT2D eigenvalue weighted by atomic mass is 9.91. The van der Waals surface area contributed by atoms with Gasteiger partial charge in [0.05, 0.1) is 12.6 Å². The van der Waals surface area contributed by atoms with E-state index in [2.05, 4.69) is 41.2 Å². The Bertz CT molecular complexity index is 3110. The summed E-state index contributed by atoms with van der Waals surface area (Å²) in [6.45, 7) is 27.2. The molecule has 524 valence electrons. The van der Waals surface area contributed by atoms with Crippen LogP contribution in [0.5, 0.6) is 0 Å². The number of likely N-dealkylation sites (N-methyl/N-ethyl adjacent to an activating group) is 7. The van der Waals surface area contributed by atoms with Gasteiger partial charge in [-0.2, -0.15) is 0 Å². The maximum Gasteiger partial charge on any atom is 0.246 e. The van der Waals surface area contributed by atoms with E-state index in [4.69, 9.17) is 24.4 Å². The number of imidazole rings is 1. The largest absolute Gasteiger partial charge is 0.390 e. The van der Waals surface area contributed by atoms with Gasteiger partial charge >= 0.3 is 0 Å². The van der Waals surface area contributed by atoms with E-state index < -0.39 is 156 Å². The molecule has 2 aromatic heterocycles. The first-order valence-electron chi connectivity index (χ1n) is 32.5. The molecule has 93 heavy (non-hydrogen) atoms. The van der Waals surface area contributed by atoms with Gasteiger partial charge in [-0.3, -0.25) is 52.7 Å². The Morgan fingerprint density at radius 2 is 0.935 bits per heavy atom. The van der Waals surface area contributed by atoms with E-state index in [9.17, 15) is 38.7 Å². The third-order valence-electron chi connectivity index (χ3n) is 17.3. The third-order valence-corrected chi connectivity index (χ3v) is 17.8. The Morgan fingerprint density at radius 3 is 1.43 bits per heavy atom. The number of nitrogens with one attached hydrogen (secondary N) is 7. The first-order chi connectivity index (χ1) is 43.0. The minimum atomic E-state index is -1.75. The molecule has 1 fully saturated rings. The topological polar surface area (TPSA) is 339 Å². The van der Waals surface area contributed by atoms with Crippen molar-refractivity contribution in [3.05, 3.63) is 15.2 Å². The highest BCUT2D eigenvalue weighted by molar-refractivity contribution is 7.72. The Kier molecular flexibility index (Phi) is 30.3. The molecule has 1 saturated heterocycles. The molecule has 0 radical (unpaired) electrons. The Balaban J connectivity index is 2.33. The van der Waals surface area contributed by atoms with Gasteiger partial charge in [-0.25, -0.2) is 4.98 Å². The summed E-state index contributed by atoms with van der Waals surface area (Å²) in [5.74, 6) is -10.2. The summed E-state index contributed by atoms with van der Waals surface area (Å²) in [7, 11) is 9.79. The maximum absolute atomic E-state index is 15.4. The van der Waals surface area contributed by atoms with Crippen LogP contribution in [0.4, 0.5) is 0 Å². The molecule has 3 rings (SSSR count). The molecule has 0 unspecified atom stereocenters. The fourth-order valence-electron chi connectivity index (χ4n) is 11.7. The molecule has 0 aromatic carbocycles. The zero-order valence-corrected chi connectivity index (χ0v) is 60.8. The van der Waals surface area contributed by atoms with Gasteiger partial charge in [0, 0.05) is 55.8 Å². The predicted molar refractivity (Wildman–Crippen MR) is 359 cm³/mol. The molecular formula is C64H109N15O12S2. The minimum Gasteiger partial charge on any atom is -0.390 e. The van der Waals surface area contributed by atoms with Gasteiger partial charge in [-0.1, -0.05) is 109 Å². The van der Waals surface area contributed by atoms with E-state index in [1.807, 2.05) is 55.4 Å². The lowest BCUT2D eigenvalue weighted by molar-refractivity contribution is -0.157. The van der Waals surface area contributed by atoms with E-state index in [1.165, 1.54) is 87.7 Å². The molecule has 1 aliphatic heterocycles. The Hall–Kier alpha value is -6.88. The third kappa shape index (κ3) is 21.1. The molecule has 0 saturated carbocycles. The normalized spacial score (nSPS) is 25.6. The quantitative estimate of drug-likeness (QED) is 0.118. The van der Waals surface area contributed by atoms with Crippen molar-refractivity contribution >= 4 is 101 Å². The van der Waals surface area contributed by atoms with Gasteiger partial charge in [-0.05, 0) is 99.6 Å². The van der Waals surface area contributed by atoms with Crippen LogP contribution in [-0.2, 0) is 59.2 Å². The second kappa shape index (κ2) is 35.0. The smallest absolute Gasteiger partial charge is 0.246 e. The van der Waals surface area contributed by atoms with Gasteiger partial charge in [0.15, 0.2) is 10.4 Å². The van der Waals surface area contributed by atoms with Gasteiger partial charge in [-0.15, -0.1) is 0 Å². The van der Waals surface area contributed by atoms with Crippen LogP contribution in [0.2, 0.25) is 0 Å². The number of aliphatic hydroxyl groups is 1. The van der Waals surface area contributed by atoms with Crippen molar-refractivity contribution in [2.75, 3.05) is 55.9 Å². The average Bonchev–Trinajstić information content (AvgIpc) is 1.71. The second-order valence-corrected chi connectivity index (χ2v) is 28.6. The van der Waals surface area contributed by atoms with Crippen molar-refractivity contribution in [3.8, 4) is 0 Å². The Morgan fingerprint density at radius 1 is 0.484 bits per heavy atom. The second-order valence-electron chi connectivity index (χ2n) is 27.8. The molecular weight excluding hydrogens is 1230 g/mol. The lowest BCUT2D eigenvalue weighted by Crippen LogP contribution is -2.63. The molecule has 11 amide bonds. The molecule has 12 atom stereocenters. The van der Waals surface area contributed by atoms with Crippen molar-refractivity contribution in [1.82, 2.24) is 75.5 Å². The number of carbonyl (C=O) groups excluding carboxylic acids is 11. The fourth-order valence-corrected chi connectivity index (χ4v) is 12.2. The number of nitrogens with zero attached hydrogens (tertiary/aromatic N) is 8. The van der Waals surface area contributed by atoms with Crippen molar-refractivity contribution in [1.29, 1.82) is 0 Å². The summed E-state index contributed by atoms with van der Waals surface area (Å²) in [5.41, 5.74) is 0.775. The van der Waals surface area contributed by atoms with Crippen molar-refractivity contribution in [2.45, 2.75) is 216 Å². The number of H-pyrrole nitrogens is 3. The van der Waals surface area contributed by atoms with Crippen LogP contribution >= 0.6 is 24.4 Å². The van der Waals surface area contributed by atoms with Gasteiger partial charge in [0.25, 0.3) is 0 Å². The lowest BCUT2D eigenvalue weighted by Gasteiger charge is -2.41.